The van der Waals surface area contributed by atoms with Crippen LogP contribution in [0.1, 0.15) is 32.3 Å². The Hall–Kier alpha value is -1.06. The van der Waals surface area contributed by atoms with E-state index in [2.05, 4.69) is 37.9 Å². The molecule has 0 bridgehead atoms. The van der Waals surface area contributed by atoms with E-state index in [0.717, 1.165) is 18.7 Å². The van der Waals surface area contributed by atoms with Crippen LogP contribution in [0.4, 0.5) is 0 Å². The maximum Gasteiger partial charge on any atom is 0.119 e. The van der Waals surface area contributed by atoms with Crippen molar-refractivity contribution in [2.45, 2.75) is 45.4 Å². The molecule has 3 heteroatoms. The van der Waals surface area contributed by atoms with Crippen LogP contribution < -0.4 is 4.74 Å². The summed E-state index contributed by atoms with van der Waals surface area (Å²) in [5.74, 6) is 2.05. The van der Waals surface area contributed by atoms with E-state index in [0.29, 0.717) is 11.8 Å². The molecule has 0 spiro atoms. The van der Waals surface area contributed by atoms with Gasteiger partial charge in [-0.15, -0.1) is 0 Å². The molecule has 0 radical (unpaired) electrons. The van der Waals surface area contributed by atoms with Gasteiger partial charge in [-0.25, -0.2) is 0 Å². The number of ether oxygens (including phenoxy) is 1. The van der Waals surface area contributed by atoms with Crippen LogP contribution in [0.25, 0.3) is 0 Å². The second kappa shape index (κ2) is 6.59. The number of hydrogen-bond acceptors (Lipinski definition) is 3. The smallest absolute Gasteiger partial charge is 0.119 e. The first-order valence-corrected chi connectivity index (χ1v) is 7.52. The van der Waals surface area contributed by atoms with Gasteiger partial charge in [-0.3, -0.25) is 4.90 Å². The predicted octanol–water partition coefficient (Wildman–Crippen LogP) is 2.92. The first-order valence-electron chi connectivity index (χ1n) is 7.52. The van der Waals surface area contributed by atoms with Gasteiger partial charge in [0.2, 0.25) is 0 Å². The van der Waals surface area contributed by atoms with Crippen LogP contribution in [0.5, 0.6) is 5.75 Å². The Morgan fingerprint density at radius 3 is 2.70 bits per heavy atom. The van der Waals surface area contributed by atoms with E-state index in [4.69, 9.17) is 4.74 Å². The summed E-state index contributed by atoms with van der Waals surface area (Å²) in [6, 6.07) is 8.41. The fraction of sp³-hybridized carbons (Fsp3) is 0.647. The predicted molar refractivity (Wildman–Crippen MR) is 81.8 cm³/mol. The largest absolute Gasteiger partial charge is 0.497 e. The van der Waals surface area contributed by atoms with Crippen molar-refractivity contribution >= 4 is 0 Å². The molecule has 1 aromatic rings. The molecule has 0 aliphatic heterocycles. The third-order valence-corrected chi connectivity index (χ3v) is 4.47. The van der Waals surface area contributed by atoms with Crippen LogP contribution >= 0.6 is 0 Å². The topological polar surface area (TPSA) is 32.7 Å². The number of benzene rings is 1. The van der Waals surface area contributed by atoms with Crippen LogP contribution in [-0.2, 0) is 6.54 Å². The van der Waals surface area contributed by atoms with Gasteiger partial charge < -0.3 is 9.84 Å². The zero-order valence-electron chi connectivity index (χ0n) is 13.0. The van der Waals surface area contributed by atoms with Crippen molar-refractivity contribution in [1.29, 1.82) is 0 Å². The Bertz CT molecular complexity index is 423. The van der Waals surface area contributed by atoms with E-state index < -0.39 is 0 Å². The van der Waals surface area contributed by atoms with Gasteiger partial charge in [0, 0.05) is 12.6 Å². The summed E-state index contributed by atoms with van der Waals surface area (Å²) >= 11 is 0. The summed E-state index contributed by atoms with van der Waals surface area (Å²) in [5, 5.41) is 10.4. The molecular weight excluding hydrogens is 250 g/mol. The molecule has 4 unspecified atom stereocenters. The lowest BCUT2D eigenvalue weighted by molar-refractivity contribution is -0.0170. The maximum atomic E-state index is 10.4. The summed E-state index contributed by atoms with van der Waals surface area (Å²) in [5.41, 5.74) is 1.23. The van der Waals surface area contributed by atoms with Crippen LogP contribution in [0, 0.1) is 11.8 Å². The minimum Gasteiger partial charge on any atom is -0.497 e. The zero-order valence-corrected chi connectivity index (χ0v) is 13.0. The number of hydrogen-bond donors (Lipinski definition) is 1. The molecule has 0 heterocycles. The lowest BCUT2D eigenvalue weighted by Crippen LogP contribution is -2.49. The number of rotatable bonds is 4. The highest BCUT2D eigenvalue weighted by atomic mass is 16.5. The Morgan fingerprint density at radius 2 is 2.05 bits per heavy atom. The molecular formula is C17H27NO2. The van der Waals surface area contributed by atoms with Gasteiger partial charge in [-0.05, 0) is 49.4 Å². The molecule has 0 saturated heterocycles. The molecule has 3 nitrogen and oxygen atoms in total. The number of aliphatic hydroxyl groups excluding tert-OH is 1. The highest BCUT2D eigenvalue weighted by molar-refractivity contribution is 5.28. The molecule has 1 aliphatic carbocycles. The van der Waals surface area contributed by atoms with Gasteiger partial charge in [0.1, 0.15) is 5.75 Å². The zero-order chi connectivity index (χ0) is 14.7. The number of likely N-dealkylation sites (N-methyl/N-ethyl adjacent to an activating group) is 1. The molecule has 0 aromatic heterocycles. The lowest BCUT2D eigenvalue weighted by Gasteiger charge is -2.42. The Labute approximate surface area is 122 Å². The molecule has 1 saturated carbocycles. The molecule has 4 atom stereocenters. The number of methoxy groups -OCH3 is 1. The summed E-state index contributed by atoms with van der Waals surface area (Å²) in [4.78, 5) is 2.29. The summed E-state index contributed by atoms with van der Waals surface area (Å²) < 4.78 is 5.27. The number of aliphatic hydroxyl groups is 1. The average molecular weight is 277 g/mol. The summed E-state index contributed by atoms with van der Waals surface area (Å²) in [6.07, 6.45) is 1.89. The van der Waals surface area contributed by atoms with Crippen molar-refractivity contribution < 1.29 is 9.84 Å². The normalized spacial score (nSPS) is 30.5. The molecule has 20 heavy (non-hydrogen) atoms. The standard InChI is InChI=1S/C17H27NO2/c1-12-8-13(2)17(16(19)9-12)18(3)11-14-6-5-7-15(10-14)20-4/h5-7,10,12-13,16-17,19H,8-9,11H2,1-4H3. The molecule has 2 rings (SSSR count). The van der Waals surface area contributed by atoms with Gasteiger partial charge in [0.25, 0.3) is 0 Å². The SMILES string of the molecule is COc1cccc(CN(C)C2C(C)CC(C)CC2O)c1. The highest BCUT2D eigenvalue weighted by Crippen LogP contribution is 2.32. The van der Waals surface area contributed by atoms with E-state index in [-0.39, 0.29) is 12.1 Å². The van der Waals surface area contributed by atoms with E-state index in [9.17, 15) is 5.11 Å². The third kappa shape index (κ3) is 3.53. The summed E-state index contributed by atoms with van der Waals surface area (Å²) in [7, 11) is 3.80. The lowest BCUT2D eigenvalue weighted by atomic mass is 9.77. The first-order chi connectivity index (χ1) is 9.51. The van der Waals surface area contributed by atoms with Crippen molar-refractivity contribution in [3.63, 3.8) is 0 Å². The quantitative estimate of drug-likeness (QED) is 0.918. The van der Waals surface area contributed by atoms with E-state index in [1.807, 2.05) is 12.1 Å². The first kappa shape index (κ1) is 15.3. The van der Waals surface area contributed by atoms with Crippen molar-refractivity contribution in [1.82, 2.24) is 4.90 Å². The van der Waals surface area contributed by atoms with Crippen LogP contribution in [0.15, 0.2) is 24.3 Å². The maximum absolute atomic E-state index is 10.4. The Kier molecular flexibility index (Phi) is 5.06. The van der Waals surface area contributed by atoms with E-state index >= 15 is 0 Å². The molecule has 0 amide bonds. The number of nitrogens with zero attached hydrogens (tertiary/aromatic N) is 1. The van der Waals surface area contributed by atoms with Gasteiger partial charge in [0.15, 0.2) is 0 Å². The third-order valence-electron chi connectivity index (χ3n) is 4.47. The Balaban J connectivity index is 2.04. The molecule has 1 aromatic carbocycles. The summed E-state index contributed by atoms with van der Waals surface area (Å²) in [6.45, 7) is 5.33. The highest BCUT2D eigenvalue weighted by Gasteiger charge is 2.35. The fourth-order valence-corrected chi connectivity index (χ4v) is 3.69. The Morgan fingerprint density at radius 1 is 1.30 bits per heavy atom. The van der Waals surface area contributed by atoms with Crippen molar-refractivity contribution in [3.05, 3.63) is 29.8 Å². The van der Waals surface area contributed by atoms with Gasteiger partial charge in [0.05, 0.1) is 13.2 Å². The van der Waals surface area contributed by atoms with Gasteiger partial charge in [-0.1, -0.05) is 26.0 Å². The van der Waals surface area contributed by atoms with Crippen LogP contribution in [0.2, 0.25) is 0 Å². The van der Waals surface area contributed by atoms with E-state index in [1.54, 1.807) is 7.11 Å². The van der Waals surface area contributed by atoms with Gasteiger partial charge >= 0.3 is 0 Å². The second-order valence-corrected chi connectivity index (χ2v) is 6.38. The fourth-order valence-electron chi connectivity index (χ4n) is 3.69. The van der Waals surface area contributed by atoms with Crippen molar-refractivity contribution in [2.75, 3.05) is 14.2 Å². The van der Waals surface area contributed by atoms with E-state index in [1.165, 1.54) is 12.0 Å². The van der Waals surface area contributed by atoms with Gasteiger partial charge in [-0.2, -0.15) is 0 Å². The molecule has 1 N–H and O–H groups in total. The van der Waals surface area contributed by atoms with Crippen molar-refractivity contribution in [3.8, 4) is 5.75 Å². The monoisotopic (exact) mass is 277 g/mol. The van der Waals surface area contributed by atoms with Crippen molar-refractivity contribution in [2.24, 2.45) is 11.8 Å². The molecule has 112 valence electrons. The minimum atomic E-state index is -0.218. The van der Waals surface area contributed by atoms with Crippen LogP contribution in [-0.4, -0.2) is 36.3 Å². The van der Waals surface area contributed by atoms with Crippen LogP contribution in [0.3, 0.4) is 0 Å². The molecule has 1 fully saturated rings. The molecule has 1 aliphatic rings. The minimum absolute atomic E-state index is 0.218. The second-order valence-electron chi connectivity index (χ2n) is 6.38. The average Bonchev–Trinajstić information content (AvgIpc) is 2.37.